The van der Waals surface area contributed by atoms with E-state index in [-0.39, 0.29) is 6.42 Å². The molecular formula is C12H15Br2NO5. The molecule has 0 bridgehead atoms. The summed E-state index contributed by atoms with van der Waals surface area (Å²) in [5.74, 6) is -1.84. The number of nitrogens with zero attached hydrogens (tertiary/aromatic N) is 1. The predicted octanol–water partition coefficient (Wildman–Crippen LogP) is 1.61. The van der Waals surface area contributed by atoms with Crippen molar-refractivity contribution in [2.45, 2.75) is 35.7 Å². The highest BCUT2D eigenvalue weighted by Gasteiger charge is 2.57. The lowest BCUT2D eigenvalue weighted by molar-refractivity contribution is -0.212. The third kappa shape index (κ3) is 2.92. The lowest BCUT2D eigenvalue weighted by Gasteiger charge is -2.47. The molecule has 0 fully saturated rings. The van der Waals surface area contributed by atoms with Gasteiger partial charge in [-0.15, -0.1) is 0 Å². The molecule has 0 aromatic rings. The summed E-state index contributed by atoms with van der Waals surface area (Å²) in [4.78, 5) is 10.6. The zero-order chi connectivity index (χ0) is 15.6. The van der Waals surface area contributed by atoms with Gasteiger partial charge in [-0.2, -0.15) is 5.26 Å². The van der Waals surface area contributed by atoms with E-state index in [1.165, 1.54) is 27.2 Å². The van der Waals surface area contributed by atoms with Crippen LogP contribution < -0.4 is 0 Å². The van der Waals surface area contributed by atoms with E-state index in [1.54, 1.807) is 0 Å². The van der Waals surface area contributed by atoms with Gasteiger partial charge in [-0.1, -0.05) is 15.9 Å². The number of carbonyl (C=O) groups excluding carboxylic acids is 1. The van der Waals surface area contributed by atoms with Crippen LogP contribution in [0.1, 0.15) is 13.3 Å². The van der Waals surface area contributed by atoms with Crippen LogP contribution in [-0.2, 0) is 19.0 Å². The molecule has 0 saturated carbocycles. The van der Waals surface area contributed by atoms with Gasteiger partial charge in [-0.05, 0) is 22.0 Å². The number of rotatable bonds is 4. The molecular weight excluding hydrogens is 398 g/mol. The molecule has 0 amide bonds. The molecule has 0 radical (unpaired) electrons. The van der Waals surface area contributed by atoms with Gasteiger partial charge in [0, 0.05) is 21.1 Å². The maximum atomic E-state index is 11.3. The van der Waals surface area contributed by atoms with E-state index < -0.39 is 28.3 Å². The summed E-state index contributed by atoms with van der Waals surface area (Å²) in [5, 5.41) is 19.5. The number of halogens is 2. The van der Waals surface area contributed by atoms with Gasteiger partial charge >= 0.3 is 5.97 Å². The first-order chi connectivity index (χ1) is 9.27. The highest BCUT2D eigenvalue weighted by Crippen LogP contribution is 2.46. The molecule has 0 spiro atoms. The molecule has 1 aliphatic carbocycles. The number of alkyl halides is 1. The summed E-state index contributed by atoms with van der Waals surface area (Å²) >= 11 is 6.63. The zero-order valence-corrected chi connectivity index (χ0v) is 14.4. The fraction of sp³-hybridized carbons (Fsp3) is 0.667. The van der Waals surface area contributed by atoms with Gasteiger partial charge in [-0.25, -0.2) is 0 Å². The first-order valence-electron chi connectivity index (χ1n) is 5.67. The van der Waals surface area contributed by atoms with Crippen LogP contribution in [0.25, 0.3) is 0 Å². The summed E-state index contributed by atoms with van der Waals surface area (Å²) in [7, 11) is 2.85. The topological polar surface area (TPSA) is 88.8 Å². The SMILES string of the molecule is COC1(OC)C(Br)=CC(O)(CC#N)C(OC(C)=O)C1Br. The number of nitriles is 1. The number of methoxy groups -OCH3 is 2. The van der Waals surface area contributed by atoms with Crippen molar-refractivity contribution in [3.05, 3.63) is 10.6 Å². The summed E-state index contributed by atoms with van der Waals surface area (Å²) in [6, 6.07) is 1.88. The number of carbonyl (C=O) groups is 1. The predicted molar refractivity (Wildman–Crippen MR) is 77.2 cm³/mol. The average molecular weight is 413 g/mol. The number of aliphatic hydroxyl groups is 1. The van der Waals surface area contributed by atoms with Crippen LogP contribution in [0.2, 0.25) is 0 Å². The van der Waals surface area contributed by atoms with Crippen LogP contribution in [-0.4, -0.2) is 47.6 Å². The molecule has 1 N–H and O–H groups in total. The van der Waals surface area contributed by atoms with E-state index in [0.717, 1.165) is 0 Å². The van der Waals surface area contributed by atoms with Gasteiger partial charge in [0.2, 0.25) is 5.79 Å². The third-order valence-electron chi connectivity index (χ3n) is 3.09. The molecule has 112 valence electrons. The molecule has 6 nitrogen and oxygen atoms in total. The van der Waals surface area contributed by atoms with Crippen LogP contribution in [0, 0.1) is 11.3 Å². The van der Waals surface area contributed by atoms with Crippen LogP contribution in [0.15, 0.2) is 10.6 Å². The second-order valence-electron chi connectivity index (χ2n) is 4.33. The Morgan fingerprint density at radius 3 is 2.50 bits per heavy atom. The Labute approximate surface area is 133 Å². The molecule has 1 rings (SSSR count). The molecule has 0 saturated heterocycles. The second-order valence-corrected chi connectivity index (χ2v) is 6.17. The van der Waals surface area contributed by atoms with Crippen molar-refractivity contribution in [1.82, 2.24) is 0 Å². The fourth-order valence-electron chi connectivity index (χ4n) is 2.11. The van der Waals surface area contributed by atoms with Gasteiger partial charge in [0.1, 0.15) is 10.4 Å². The fourth-order valence-corrected chi connectivity index (χ4v) is 4.57. The van der Waals surface area contributed by atoms with Crippen LogP contribution in [0.5, 0.6) is 0 Å². The molecule has 1 aliphatic rings. The summed E-state index contributed by atoms with van der Waals surface area (Å²) in [6.07, 6.45) is 0.0844. The maximum Gasteiger partial charge on any atom is 0.303 e. The van der Waals surface area contributed by atoms with Gasteiger partial charge in [0.25, 0.3) is 0 Å². The maximum absolute atomic E-state index is 11.3. The van der Waals surface area contributed by atoms with E-state index in [0.29, 0.717) is 4.48 Å². The van der Waals surface area contributed by atoms with Crippen molar-refractivity contribution in [3.8, 4) is 6.07 Å². The van der Waals surface area contributed by atoms with Crippen molar-refractivity contribution in [2.24, 2.45) is 0 Å². The molecule has 8 heteroatoms. The van der Waals surface area contributed by atoms with Crippen molar-refractivity contribution < 1.29 is 24.1 Å². The number of hydrogen-bond acceptors (Lipinski definition) is 6. The lowest BCUT2D eigenvalue weighted by atomic mass is 9.82. The van der Waals surface area contributed by atoms with E-state index in [4.69, 9.17) is 19.5 Å². The standard InChI is InChI=1S/C12H15Br2NO5/c1-7(16)20-10-9(14)12(18-2,19-3)8(13)6-11(10,17)4-5-15/h6,9-10,17H,4H2,1-3H3. The van der Waals surface area contributed by atoms with E-state index >= 15 is 0 Å². The van der Waals surface area contributed by atoms with Crippen molar-refractivity contribution in [1.29, 1.82) is 5.26 Å². The number of esters is 1. The Bertz CT molecular complexity index is 457. The number of ether oxygens (including phenoxy) is 3. The average Bonchev–Trinajstić information content (AvgIpc) is 2.36. The Morgan fingerprint density at radius 2 is 2.10 bits per heavy atom. The molecule has 0 aromatic carbocycles. The van der Waals surface area contributed by atoms with Gasteiger partial charge < -0.3 is 19.3 Å². The molecule has 3 unspecified atom stereocenters. The zero-order valence-electron chi connectivity index (χ0n) is 11.2. The summed E-state index contributed by atoms with van der Waals surface area (Å²) in [6.45, 7) is 1.22. The van der Waals surface area contributed by atoms with Crippen molar-refractivity contribution >= 4 is 37.8 Å². The monoisotopic (exact) mass is 411 g/mol. The Hall–Kier alpha value is -0.460. The van der Waals surface area contributed by atoms with Gasteiger partial charge in [0.05, 0.1) is 17.0 Å². The minimum atomic E-state index is -1.64. The van der Waals surface area contributed by atoms with E-state index in [9.17, 15) is 9.90 Å². The summed E-state index contributed by atoms with van der Waals surface area (Å²) < 4.78 is 16.3. The van der Waals surface area contributed by atoms with Gasteiger partial charge in [-0.3, -0.25) is 4.79 Å². The highest BCUT2D eigenvalue weighted by atomic mass is 79.9. The largest absolute Gasteiger partial charge is 0.458 e. The Morgan fingerprint density at radius 1 is 1.55 bits per heavy atom. The Kier molecular flexibility index (Phi) is 5.75. The van der Waals surface area contributed by atoms with Crippen LogP contribution in [0.4, 0.5) is 0 Å². The molecule has 3 atom stereocenters. The van der Waals surface area contributed by atoms with Gasteiger partial charge in [0.15, 0.2) is 6.10 Å². The normalized spacial score (nSPS) is 32.1. The summed E-state index contributed by atoms with van der Waals surface area (Å²) in [5.41, 5.74) is -1.64. The van der Waals surface area contributed by atoms with E-state index in [1.807, 2.05) is 6.07 Å². The van der Waals surface area contributed by atoms with Crippen LogP contribution in [0.3, 0.4) is 0 Å². The van der Waals surface area contributed by atoms with Crippen molar-refractivity contribution in [3.63, 3.8) is 0 Å². The minimum Gasteiger partial charge on any atom is -0.458 e. The lowest BCUT2D eigenvalue weighted by Crippen LogP contribution is -2.61. The quantitative estimate of drug-likeness (QED) is 0.428. The highest BCUT2D eigenvalue weighted by molar-refractivity contribution is 9.12. The number of hydrogen-bond donors (Lipinski definition) is 1. The second kappa shape index (κ2) is 6.54. The molecule has 0 heterocycles. The molecule has 0 aromatic heterocycles. The van der Waals surface area contributed by atoms with Crippen molar-refractivity contribution in [2.75, 3.05) is 14.2 Å². The first-order valence-corrected chi connectivity index (χ1v) is 7.38. The van der Waals surface area contributed by atoms with Crippen LogP contribution >= 0.6 is 31.9 Å². The molecule has 0 aliphatic heterocycles. The molecule has 20 heavy (non-hydrogen) atoms. The minimum absolute atomic E-state index is 0.244. The first kappa shape index (κ1) is 17.6. The smallest absolute Gasteiger partial charge is 0.303 e. The van der Waals surface area contributed by atoms with E-state index in [2.05, 4.69) is 31.9 Å². The Balaban J connectivity index is 3.37. The third-order valence-corrected chi connectivity index (χ3v) is 4.96.